The number of fused-ring (bicyclic) bond motifs is 2. The minimum absolute atomic E-state index is 0.0936. The Morgan fingerprint density at radius 2 is 1.00 bits per heavy atom. The van der Waals surface area contributed by atoms with E-state index in [9.17, 15) is 0 Å². The maximum absolute atomic E-state index is 6.60. The summed E-state index contributed by atoms with van der Waals surface area (Å²) in [5.74, 6) is 0.928. The topological polar surface area (TPSA) is 16.4 Å². The lowest BCUT2D eigenvalue weighted by Gasteiger charge is -2.27. The zero-order valence-corrected chi connectivity index (χ0v) is 27.5. The van der Waals surface area contributed by atoms with Gasteiger partial charge in [0.15, 0.2) is 0 Å². The molecule has 7 aromatic carbocycles. The Morgan fingerprint density at radius 3 is 1.77 bits per heavy atom. The van der Waals surface area contributed by atoms with Gasteiger partial charge in [-0.1, -0.05) is 142 Å². The summed E-state index contributed by atoms with van der Waals surface area (Å²) >= 11 is 0. The van der Waals surface area contributed by atoms with Gasteiger partial charge in [0, 0.05) is 33.6 Å². The molecule has 1 aromatic heterocycles. The summed E-state index contributed by atoms with van der Waals surface area (Å²) in [6.07, 6.45) is 0. The van der Waals surface area contributed by atoms with Crippen LogP contribution in [-0.2, 0) is 5.41 Å². The predicted molar refractivity (Wildman–Crippen MR) is 203 cm³/mol. The van der Waals surface area contributed by atoms with E-state index in [-0.39, 0.29) is 5.41 Å². The molecule has 0 unspecified atom stereocenters. The molecular weight excluding hydrogens is 583 g/mol. The van der Waals surface area contributed by atoms with E-state index in [0.29, 0.717) is 0 Å². The maximum atomic E-state index is 6.60. The molecule has 0 saturated heterocycles. The third kappa shape index (κ3) is 5.56. The molecule has 8 aromatic rings. The summed E-state index contributed by atoms with van der Waals surface area (Å²) in [4.78, 5) is 2.35. The molecule has 0 saturated carbocycles. The van der Waals surface area contributed by atoms with Crippen LogP contribution in [0.5, 0.6) is 0 Å². The van der Waals surface area contributed by atoms with Crippen LogP contribution >= 0.6 is 0 Å². The van der Waals surface area contributed by atoms with Crippen molar-refractivity contribution in [1.29, 1.82) is 0 Å². The minimum Gasteiger partial charge on any atom is -0.456 e. The molecule has 0 bridgehead atoms. The zero-order chi connectivity index (χ0) is 32.7. The lowest BCUT2D eigenvalue weighted by Crippen LogP contribution is -2.12. The third-order valence-electron chi connectivity index (χ3n) is 9.13. The number of anilines is 3. The highest BCUT2D eigenvalue weighted by Crippen LogP contribution is 2.44. The predicted octanol–water partition coefficient (Wildman–Crippen LogP) is 13.4. The van der Waals surface area contributed by atoms with E-state index < -0.39 is 0 Å². The standard InChI is InChI=1S/C46H37NO/c1-46(2,3)44-42-21-9-10-22-43(42)48-45(44)38-19-12-20-40(31-38)47(41-28-25-33-15-7-8-16-37(33)30-41)39-26-23-34(24-27-39)36-18-11-17-35(29-36)32-13-5-4-6-14-32/h4-31H,1-3H3. The molecule has 0 radical (unpaired) electrons. The summed E-state index contributed by atoms with van der Waals surface area (Å²) in [6.45, 7) is 6.78. The van der Waals surface area contributed by atoms with Gasteiger partial charge in [-0.15, -0.1) is 0 Å². The van der Waals surface area contributed by atoms with Crippen LogP contribution in [0.15, 0.2) is 174 Å². The van der Waals surface area contributed by atoms with Gasteiger partial charge in [0.1, 0.15) is 11.3 Å². The quantitative estimate of drug-likeness (QED) is 0.184. The number of hydrogen-bond donors (Lipinski definition) is 0. The molecule has 0 aliphatic carbocycles. The van der Waals surface area contributed by atoms with Crippen molar-refractivity contribution in [3.05, 3.63) is 175 Å². The van der Waals surface area contributed by atoms with Crippen molar-refractivity contribution in [2.24, 2.45) is 0 Å². The van der Waals surface area contributed by atoms with Crippen LogP contribution in [0.2, 0.25) is 0 Å². The molecule has 48 heavy (non-hydrogen) atoms. The van der Waals surface area contributed by atoms with Crippen molar-refractivity contribution in [3.63, 3.8) is 0 Å². The number of nitrogens with zero attached hydrogens (tertiary/aromatic N) is 1. The number of hydrogen-bond acceptors (Lipinski definition) is 2. The minimum atomic E-state index is -0.0936. The van der Waals surface area contributed by atoms with E-state index in [1.807, 2.05) is 6.07 Å². The molecule has 0 aliphatic heterocycles. The fourth-order valence-electron chi connectivity index (χ4n) is 6.85. The average Bonchev–Trinajstić information content (AvgIpc) is 3.54. The van der Waals surface area contributed by atoms with Gasteiger partial charge in [-0.05, 0) is 87.0 Å². The fourth-order valence-corrected chi connectivity index (χ4v) is 6.85. The molecule has 1 heterocycles. The van der Waals surface area contributed by atoms with E-state index in [1.165, 1.54) is 44.0 Å². The second-order valence-electron chi connectivity index (χ2n) is 13.5. The maximum Gasteiger partial charge on any atom is 0.139 e. The lowest BCUT2D eigenvalue weighted by atomic mass is 9.83. The van der Waals surface area contributed by atoms with Crippen LogP contribution in [-0.4, -0.2) is 0 Å². The lowest BCUT2D eigenvalue weighted by molar-refractivity contribution is 0.568. The molecule has 0 spiro atoms. The second kappa shape index (κ2) is 12.1. The van der Waals surface area contributed by atoms with Gasteiger partial charge < -0.3 is 9.32 Å². The zero-order valence-electron chi connectivity index (χ0n) is 27.5. The first-order chi connectivity index (χ1) is 23.4. The van der Waals surface area contributed by atoms with Gasteiger partial charge in [0.05, 0.1) is 0 Å². The van der Waals surface area contributed by atoms with Crippen LogP contribution in [0, 0.1) is 0 Å². The Balaban J connectivity index is 1.24. The van der Waals surface area contributed by atoms with Crippen molar-refractivity contribution in [2.45, 2.75) is 26.2 Å². The van der Waals surface area contributed by atoms with Crippen LogP contribution in [0.25, 0.3) is 55.3 Å². The highest BCUT2D eigenvalue weighted by Gasteiger charge is 2.26. The van der Waals surface area contributed by atoms with Crippen molar-refractivity contribution < 1.29 is 4.42 Å². The van der Waals surface area contributed by atoms with Crippen LogP contribution in [0.3, 0.4) is 0 Å². The second-order valence-corrected chi connectivity index (χ2v) is 13.5. The first-order valence-corrected chi connectivity index (χ1v) is 16.6. The fraction of sp³-hybridized carbons (Fsp3) is 0.0870. The normalized spacial score (nSPS) is 11.6. The molecule has 0 amide bonds. The molecule has 232 valence electrons. The number of para-hydroxylation sites is 1. The Bertz CT molecular complexity index is 2380. The van der Waals surface area contributed by atoms with Gasteiger partial charge in [-0.2, -0.15) is 0 Å². The molecule has 0 N–H and O–H groups in total. The molecule has 0 atom stereocenters. The summed E-state index contributed by atoms with van der Waals surface area (Å²) in [7, 11) is 0. The Hall–Kier alpha value is -5.86. The summed E-state index contributed by atoms with van der Waals surface area (Å²) in [6, 6.07) is 60.6. The Morgan fingerprint density at radius 1 is 0.417 bits per heavy atom. The Labute approximate surface area is 282 Å². The first-order valence-electron chi connectivity index (χ1n) is 16.6. The van der Waals surface area contributed by atoms with Crippen molar-refractivity contribution >= 4 is 38.8 Å². The van der Waals surface area contributed by atoms with Crippen molar-refractivity contribution in [3.8, 4) is 33.6 Å². The van der Waals surface area contributed by atoms with Crippen molar-refractivity contribution in [1.82, 2.24) is 0 Å². The Kier molecular flexibility index (Phi) is 7.42. The first kappa shape index (κ1) is 29.5. The summed E-state index contributed by atoms with van der Waals surface area (Å²) < 4.78 is 6.60. The summed E-state index contributed by atoms with van der Waals surface area (Å²) in [5.41, 5.74) is 11.2. The van der Waals surface area contributed by atoms with Crippen LogP contribution in [0.4, 0.5) is 17.1 Å². The van der Waals surface area contributed by atoms with Gasteiger partial charge in [-0.3, -0.25) is 0 Å². The highest BCUT2D eigenvalue weighted by atomic mass is 16.3. The monoisotopic (exact) mass is 619 g/mol. The number of furan rings is 1. The largest absolute Gasteiger partial charge is 0.456 e. The third-order valence-corrected chi connectivity index (χ3v) is 9.13. The van der Waals surface area contributed by atoms with Gasteiger partial charge >= 0.3 is 0 Å². The molecule has 2 nitrogen and oxygen atoms in total. The number of rotatable bonds is 6. The molecule has 0 fully saturated rings. The molecular formula is C46H37NO. The van der Waals surface area contributed by atoms with Gasteiger partial charge in [0.25, 0.3) is 0 Å². The van der Waals surface area contributed by atoms with Crippen LogP contribution in [0.1, 0.15) is 26.3 Å². The van der Waals surface area contributed by atoms with E-state index in [2.05, 4.69) is 189 Å². The van der Waals surface area contributed by atoms with Gasteiger partial charge in [0.2, 0.25) is 0 Å². The van der Waals surface area contributed by atoms with E-state index in [1.54, 1.807) is 0 Å². The van der Waals surface area contributed by atoms with E-state index >= 15 is 0 Å². The molecule has 8 rings (SSSR count). The molecule has 0 aliphatic rings. The summed E-state index contributed by atoms with van der Waals surface area (Å²) in [5, 5.41) is 3.60. The smallest absolute Gasteiger partial charge is 0.139 e. The average molecular weight is 620 g/mol. The van der Waals surface area contributed by atoms with Crippen LogP contribution < -0.4 is 4.90 Å². The number of benzene rings is 7. The SMILES string of the molecule is CC(C)(C)c1c(-c2cccc(N(c3ccc(-c4cccc(-c5ccccc5)c4)cc3)c3ccc4ccccc4c3)c2)oc2ccccc12. The van der Waals surface area contributed by atoms with E-state index in [0.717, 1.165) is 34.0 Å². The van der Waals surface area contributed by atoms with Gasteiger partial charge in [-0.25, -0.2) is 0 Å². The molecule has 2 heteroatoms. The highest BCUT2D eigenvalue weighted by molar-refractivity contribution is 5.92. The van der Waals surface area contributed by atoms with E-state index in [4.69, 9.17) is 4.42 Å². The van der Waals surface area contributed by atoms with Crippen molar-refractivity contribution in [2.75, 3.05) is 4.90 Å².